The number of carbonyl (C=O) groups is 1. The van der Waals surface area contributed by atoms with Crippen LogP contribution in [0.15, 0.2) is 41.5 Å². The van der Waals surface area contributed by atoms with Gasteiger partial charge in [0.15, 0.2) is 23.6 Å². The van der Waals surface area contributed by atoms with Crippen LogP contribution >= 0.6 is 23.5 Å². The number of primary amides is 1. The summed E-state index contributed by atoms with van der Waals surface area (Å²) in [7, 11) is -16.3. The minimum Gasteiger partial charge on any atom is -0.387 e. The van der Waals surface area contributed by atoms with Gasteiger partial charge in [-0.25, -0.2) is 23.7 Å². The molecule has 4 radical (unpaired) electrons. The van der Waals surface area contributed by atoms with Gasteiger partial charge in [-0.15, -0.1) is 0 Å². The Morgan fingerprint density at radius 3 is 2.08 bits per heavy atom. The van der Waals surface area contributed by atoms with Gasteiger partial charge in [0.25, 0.3) is 5.56 Å². The Bertz CT molecular complexity index is 1810. The molecule has 3 aliphatic rings. The number of hydrogen-bond donors (Lipinski definition) is 9. The van der Waals surface area contributed by atoms with Crippen molar-refractivity contribution in [3.8, 4) is 0 Å². The molecule has 2 aromatic heterocycles. The first-order chi connectivity index (χ1) is 22.4. The Labute approximate surface area is 381 Å². The molecule has 0 aromatic carbocycles. The number of aromatic amines is 1. The van der Waals surface area contributed by atoms with Gasteiger partial charge in [0.05, 0.1) is 25.9 Å². The molecular formula is C21H29N6Na4O18P3. The van der Waals surface area contributed by atoms with Crippen LogP contribution < -0.4 is 11.3 Å². The zero-order valence-electron chi connectivity index (χ0n) is 28.0. The summed E-state index contributed by atoms with van der Waals surface area (Å²) in [6, 6.07) is 0. The summed E-state index contributed by atoms with van der Waals surface area (Å²) < 4.78 is 66.9. The van der Waals surface area contributed by atoms with Crippen molar-refractivity contribution in [1.29, 1.82) is 0 Å². The van der Waals surface area contributed by atoms with Gasteiger partial charge in [0, 0.05) is 136 Å². The number of aliphatic hydroxyl groups excluding tert-OH is 3. The summed E-state index contributed by atoms with van der Waals surface area (Å²) in [6.07, 6.45) is -6.89. The van der Waals surface area contributed by atoms with Crippen LogP contribution in [0.4, 0.5) is 0 Å². The largest absolute Gasteiger partial charge is 0.481 e. The quantitative estimate of drug-likeness (QED) is 0.0679. The Kier molecular flexibility index (Phi) is 20.5. The van der Waals surface area contributed by atoms with Crippen LogP contribution in [0.25, 0.3) is 11.2 Å². The average molecular weight is 838 g/mol. The Morgan fingerprint density at radius 2 is 1.50 bits per heavy atom. The molecule has 5 heterocycles. The van der Waals surface area contributed by atoms with Crippen LogP contribution in [-0.4, -0.2) is 240 Å². The molecule has 10 N–H and O–H groups in total. The van der Waals surface area contributed by atoms with Crippen molar-refractivity contribution in [3.05, 3.63) is 47.1 Å². The van der Waals surface area contributed by atoms with Gasteiger partial charge < -0.3 is 60.0 Å². The summed E-state index contributed by atoms with van der Waals surface area (Å²) in [4.78, 5) is 73.7. The van der Waals surface area contributed by atoms with E-state index in [1.165, 1.54) is 23.4 Å². The monoisotopic (exact) mass is 838 g/mol. The maximum absolute atomic E-state index is 12.5. The molecule has 2 aromatic rings. The number of nitrogens with one attached hydrogen (secondary N) is 1. The van der Waals surface area contributed by atoms with E-state index in [1.54, 1.807) is 0 Å². The molecule has 0 spiro atoms. The molecule has 0 bridgehead atoms. The van der Waals surface area contributed by atoms with Gasteiger partial charge in [0.2, 0.25) is 5.91 Å². The van der Waals surface area contributed by atoms with Gasteiger partial charge in [-0.3, -0.25) is 27.7 Å². The first-order valence-corrected chi connectivity index (χ1v) is 18.0. The third-order valence-electron chi connectivity index (χ3n) is 7.09. The molecule has 2 unspecified atom stereocenters. The second-order valence-corrected chi connectivity index (χ2v) is 14.6. The van der Waals surface area contributed by atoms with Crippen LogP contribution in [0.3, 0.4) is 0 Å². The van der Waals surface area contributed by atoms with Gasteiger partial charge in [0.1, 0.15) is 36.6 Å². The SMILES string of the molecule is NC(=O)C1=CN([C@@H]2O[C@H](COP(=O)(O)OP(=O)(O)OC[C@H]3O[C@@H](n4cnc5c(=O)[nH]cnc54)[C@H](OP(=O)(O)O)[C@@H]3O)[C@@H](O)[C@H]2O)C=CC1.[Na].[Na].[Na].[Na]. The summed E-state index contributed by atoms with van der Waals surface area (Å²) in [5.41, 5.74) is 4.38. The number of aromatic nitrogens is 4. The Morgan fingerprint density at radius 1 is 0.923 bits per heavy atom. The number of phosphoric acid groups is 3. The predicted molar refractivity (Wildman–Crippen MR) is 174 cm³/mol. The standard InChI is InChI=1S/C21H29N6O18P3.4Na/c22-17(31)9-2-1-3-26(4-9)20-15(30)13(28)10(42-20)5-40-47(36,37)45-48(38,39)41-6-11-14(29)16(44-46(33,34)35)21(43-11)27-8-25-12-18(27)23-7-24-19(12)32;;;;/h1,3-4,7-8,10-11,13-16,20-21,28-30H,2,5-6H2,(H2,22,31)(H,36,37)(H,38,39)(H,23,24,32)(H2,33,34,35);;;;/t10-,11-,13-,14-,15-,16-,20-,21-;;;;/m1..../s1. The molecule has 24 nitrogen and oxygen atoms in total. The van der Waals surface area contributed by atoms with Crippen molar-refractivity contribution in [2.75, 3.05) is 13.2 Å². The fourth-order valence-electron chi connectivity index (χ4n) is 4.93. The number of allylic oxidation sites excluding steroid dienone is 1. The number of nitrogens with two attached hydrogens (primary N) is 1. The minimum atomic E-state index is -5.54. The number of aliphatic hydroxyl groups is 3. The van der Waals surface area contributed by atoms with Crippen LogP contribution in [0.1, 0.15) is 12.6 Å². The third kappa shape index (κ3) is 12.6. The van der Waals surface area contributed by atoms with E-state index in [0.717, 1.165) is 17.2 Å². The van der Waals surface area contributed by atoms with E-state index in [1.807, 2.05) is 0 Å². The predicted octanol–water partition coefficient (Wildman–Crippen LogP) is -4.38. The number of amides is 1. The zero-order chi connectivity index (χ0) is 35.2. The Hall–Kier alpha value is 1.27. The third-order valence-corrected chi connectivity index (χ3v) is 10.2. The van der Waals surface area contributed by atoms with Crippen LogP contribution in [0, 0.1) is 0 Å². The van der Waals surface area contributed by atoms with E-state index in [9.17, 15) is 58.2 Å². The van der Waals surface area contributed by atoms with Gasteiger partial charge in [-0.2, -0.15) is 4.31 Å². The van der Waals surface area contributed by atoms with Gasteiger partial charge in [-0.05, 0) is 6.42 Å². The molecule has 270 valence electrons. The summed E-state index contributed by atoms with van der Waals surface area (Å²) in [5.74, 6) is -0.740. The fourth-order valence-corrected chi connectivity index (χ4v) is 7.56. The van der Waals surface area contributed by atoms with E-state index in [-0.39, 0.29) is 141 Å². The molecule has 1 amide bonds. The number of ether oxygens (including phenoxy) is 2. The van der Waals surface area contributed by atoms with E-state index >= 15 is 0 Å². The smallest absolute Gasteiger partial charge is 0.387 e. The van der Waals surface area contributed by atoms with Crippen molar-refractivity contribution in [2.24, 2.45) is 5.73 Å². The van der Waals surface area contributed by atoms with E-state index in [0.29, 0.717) is 0 Å². The zero-order valence-corrected chi connectivity index (χ0v) is 38.6. The van der Waals surface area contributed by atoms with E-state index < -0.39 is 97.2 Å². The van der Waals surface area contributed by atoms with E-state index in [2.05, 4.69) is 32.8 Å². The normalized spacial score (nSPS) is 29.4. The van der Waals surface area contributed by atoms with Crippen molar-refractivity contribution in [3.63, 3.8) is 0 Å². The number of nitrogens with zero attached hydrogens (tertiary/aromatic N) is 4. The van der Waals surface area contributed by atoms with Gasteiger partial charge in [-0.1, -0.05) is 6.08 Å². The second-order valence-electron chi connectivity index (χ2n) is 10.4. The molecule has 0 saturated carbocycles. The number of H-pyrrole nitrogens is 1. The number of hydrogen-bond acceptors (Lipinski definition) is 17. The molecule has 0 aliphatic carbocycles. The molecule has 31 heteroatoms. The van der Waals surface area contributed by atoms with Crippen LogP contribution in [0.5, 0.6) is 0 Å². The Balaban J connectivity index is 0.00000338. The fraction of sp³-hybridized carbons (Fsp3) is 0.524. The first kappa shape index (κ1) is 51.3. The number of rotatable bonds is 13. The molecule has 52 heavy (non-hydrogen) atoms. The van der Waals surface area contributed by atoms with Crippen molar-refractivity contribution < 1.29 is 80.7 Å². The van der Waals surface area contributed by atoms with Crippen LogP contribution in [0.2, 0.25) is 0 Å². The molecular weight excluding hydrogens is 809 g/mol. The second kappa shape index (κ2) is 20.8. The number of imidazole rings is 1. The number of fused-ring (bicyclic) bond motifs is 1. The summed E-state index contributed by atoms with van der Waals surface area (Å²) in [5, 5.41) is 31.5. The maximum atomic E-state index is 12.5. The molecule has 5 rings (SSSR count). The summed E-state index contributed by atoms with van der Waals surface area (Å²) in [6.45, 7) is -2.06. The van der Waals surface area contributed by atoms with Crippen LogP contribution in [-0.2, 0) is 45.8 Å². The number of carbonyl (C=O) groups excluding carboxylic acids is 1. The van der Waals surface area contributed by atoms with Gasteiger partial charge >= 0.3 is 23.5 Å². The summed E-state index contributed by atoms with van der Waals surface area (Å²) >= 11 is 0. The molecule has 2 fully saturated rings. The molecule has 3 aliphatic heterocycles. The van der Waals surface area contributed by atoms with E-state index in [4.69, 9.17) is 15.2 Å². The van der Waals surface area contributed by atoms with Crippen molar-refractivity contribution in [2.45, 2.75) is 55.5 Å². The maximum Gasteiger partial charge on any atom is 0.481 e. The number of phosphoric ester groups is 3. The minimum absolute atomic E-state index is 0. The molecule has 2 saturated heterocycles. The average Bonchev–Trinajstić information content (AvgIpc) is 3.64. The van der Waals surface area contributed by atoms with Crippen molar-refractivity contribution in [1.82, 2.24) is 24.4 Å². The first-order valence-electron chi connectivity index (χ1n) is 13.5. The topological polar surface area (TPSA) is 358 Å². The molecule has 10 atom stereocenters. The van der Waals surface area contributed by atoms with Crippen molar-refractivity contribution >= 4 is 159 Å².